The number of hydrogen-bond acceptors (Lipinski definition) is 3. The van der Waals surface area contributed by atoms with Crippen LogP contribution in [-0.4, -0.2) is 16.2 Å². The lowest BCUT2D eigenvalue weighted by Gasteiger charge is -2.08. The number of aromatic nitrogens is 1. The average molecular weight is 272 g/mol. The van der Waals surface area contributed by atoms with E-state index in [1.165, 1.54) is 6.07 Å². The van der Waals surface area contributed by atoms with Crippen molar-refractivity contribution in [3.05, 3.63) is 33.9 Å². The van der Waals surface area contributed by atoms with Crippen LogP contribution < -0.4 is 4.74 Å². The van der Waals surface area contributed by atoms with Crippen LogP contribution in [0.1, 0.15) is 5.56 Å². The first kappa shape index (κ1) is 12.0. The molecule has 0 unspecified atom stereocenters. The van der Waals surface area contributed by atoms with Crippen LogP contribution in [0.4, 0.5) is 4.79 Å². The van der Waals surface area contributed by atoms with Crippen LogP contribution in [-0.2, 0) is 0 Å². The minimum atomic E-state index is -1.45. The predicted octanol–water partition coefficient (Wildman–Crippen LogP) is 3.91. The molecule has 0 fully saturated rings. The van der Waals surface area contributed by atoms with E-state index in [1.54, 1.807) is 12.3 Å². The number of aryl methyl sites for hydroxylation is 1. The summed E-state index contributed by atoms with van der Waals surface area (Å²) >= 11 is 11.9. The first-order valence-corrected chi connectivity index (χ1v) is 5.40. The van der Waals surface area contributed by atoms with E-state index in [9.17, 15) is 4.79 Å². The molecular formula is C11H7Cl2NO3. The van der Waals surface area contributed by atoms with Crippen molar-refractivity contribution >= 4 is 40.3 Å². The third kappa shape index (κ3) is 2.28. The van der Waals surface area contributed by atoms with Crippen LogP contribution in [0.15, 0.2) is 18.3 Å². The Morgan fingerprint density at radius 2 is 2.06 bits per heavy atom. The molecule has 0 bridgehead atoms. The van der Waals surface area contributed by atoms with Crippen LogP contribution in [0.5, 0.6) is 5.75 Å². The maximum Gasteiger partial charge on any atom is 0.511 e. The molecule has 0 aliphatic heterocycles. The van der Waals surface area contributed by atoms with Gasteiger partial charge < -0.3 is 9.84 Å². The molecule has 0 saturated heterocycles. The Hall–Kier alpha value is -1.52. The van der Waals surface area contributed by atoms with Crippen LogP contribution in [0, 0.1) is 6.92 Å². The number of carbonyl (C=O) groups is 1. The van der Waals surface area contributed by atoms with E-state index in [-0.39, 0.29) is 10.8 Å². The Kier molecular flexibility index (Phi) is 3.09. The largest absolute Gasteiger partial charge is 0.511 e. The molecular weight excluding hydrogens is 265 g/mol. The summed E-state index contributed by atoms with van der Waals surface area (Å²) in [4.78, 5) is 14.7. The molecule has 0 aliphatic carbocycles. The van der Waals surface area contributed by atoms with Crippen LogP contribution >= 0.6 is 23.2 Å². The second-order valence-corrected chi connectivity index (χ2v) is 4.26. The number of rotatable bonds is 1. The molecule has 17 heavy (non-hydrogen) atoms. The number of pyridine rings is 1. The molecule has 0 aliphatic rings. The fourth-order valence-electron chi connectivity index (χ4n) is 1.48. The Balaban J connectivity index is 2.78. The van der Waals surface area contributed by atoms with Gasteiger partial charge in [0.05, 0.1) is 10.0 Å². The molecule has 0 atom stereocenters. The lowest BCUT2D eigenvalue weighted by molar-refractivity contribution is 0.145. The number of fused-ring (bicyclic) bond motifs is 1. The molecule has 0 spiro atoms. The summed E-state index contributed by atoms with van der Waals surface area (Å²) < 4.78 is 4.62. The first-order chi connectivity index (χ1) is 7.99. The zero-order valence-corrected chi connectivity index (χ0v) is 10.2. The zero-order chi connectivity index (χ0) is 12.6. The van der Waals surface area contributed by atoms with Crippen LogP contribution in [0.2, 0.25) is 10.0 Å². The van der Waals surface area contributed by atoms with Crippen LogP contribution in [0.25, 0.3) is 10.9 Å². The van der Waals surface area contributed by atoms with E-state index in [0.29, 0.717) is 15.9 Å². The minimum Gasteiger partial charge on any atom is -0.449 e. The van der Waals surface area contributed by atoms with Crippen molar-refractivity contribution in [2.45, 2.75) is 6.92 Å². The summed E-state index contributed by atoms with van der Waals surface area (Å²) in [5, 5.41) is 9.75. The number of hydrogen-bond donors (Lipinski definition) is 1. The van der Waals surface area contributed by atoms with Crippen molar-refractivity contribution in [1.29, 1.82) is 0 Å². The third-order valence-electron chi connectivity index (χ3n) is 2.16. The van der Waals surface area contributed by atoms with Crippen molar-refractivity contribution < 1.29 is 14.6 Å². The molecule has 2 rings (SSSR count). The van der Waals surface area contributed by atoms with E-state index < -0.39 is 6.16 Å². The standard InChI is InChI=1S/C11H7Cl2NO3/c1-5-2-6-7(12)3-8(13)10(17-11(15)16)9(6)14-4-5/h2-4H,1H3,(H,15,16). The summed E-state index contributed by atoms with van der Waals surface area (Å²) in [7, 11) is 0. The van der Waals surface area contributed by atoms with Gasteiger partial charge in [0.2, 0.25) is 0 Å². The highest BCUT2D eigenvalue weighted by molar-refractivity contribution is 6.39. The second kappa shape index (κ2) is 4.39. The molecule has 4 nitrogen and oxygen atoms in total. The summed E-state index contributed by atoms with van der Waals surface area (Å²) in [6.07, 6.45) is 0.141. The van der Waals surface area contributed by atoms with E-state index in [1.807, 2.05) is 6.92 Å². The molecule has 1 aromatic carbocycles. The van der Waals surface area contributed by atoms with E-state index in [0.717, 1.165) is 5.56 Å². The maximum atomic E-state index is 10.6. The molecule has 1 heterocycles. The first-order valence-electron chi connectivity index (χ1n) is 4.64. The van der Waals surface area contributed by atoms with E-state index in [2.05, 4.69) is 9.72 Å². The zero-order valence-electron chi connectivity index (χ0n) is 8.70. The fraction of sp³-hybridized carbons (Fsp3) is 0.0909. The van der Waals surface area contributed by atoms with Gasteiger partial charge in [-0.05, 0) is 24.6 Å². The lowest BCUT2D eigenvalue weighted by atomic mass is 10.1. The molecule has 0 amide bonds. The van der Waals surface area contributed by atoms with Crippen molar-refractivity contribution in [2.75, 3.05) is 0 Å². The second-order valence-electron chi connectivity index (χ2n) is 3.45. The summed E-state index contributed by atoms with van der Waals surface area (Å²) in [6.45, 7) is 1.86. The molecule has 0 radical (unpaired) electrons. The van der Waals surface area contributed by atoms with Gasteiger partial charge >= 0.3 is 6.16 Å². The Morgan fingerprint density at radius 3 is 2.71 bits per heavy atom. The summed E-state index contributed by atoms with van der Waals surface area (Å²) in [5.41, 5.74) is 1.23. The van der Waals surface area contributed by atoms with Crippen LogP contribution in [0.3, 0.4) is 0 Å². The SMILES string of the molecule is Cc1cnc2c(OC(=O)O)c(Cl)cc(Cl)c2c1. The van der Waals surface area contributed by atoms with Crippen molar-refractivity contribution in [2.24, 2.45) is 0 Å². The van der Waals surface area contributed by atoms with Gasteiger partial charge in [0.15, 0.2) is 5.75 Å². The third-order valence-corrected chi connectivity index (χ3v) is 2.75. The Labute approximate surface area is 107 Å². The molecule has 0 saturated carbocycles. The number of halogens is 2. The molecule has 1 aromatic heterocycles. The maximum absolute atomic E-state index is 10.6. The summed E-state index contributed by atoms with van der Waals surface area (Å²) in [5.74, 6) is -0.00133. The van der Waals surface area contributed by atoms with Crippen molar-refractivity contribution in [3.63, 3.8) is 0 Å². The molecule has 1 N–H and O–H groups in total. The Bertz CT molecular complexity index is 613. The topological polar surface area (TPSA) is 59.4 Å². The van der Waals surface area contributed by atoms with Crippen molar-refractivity contribution in [1.82, 2.24) is 4.98 Å². The van der Waals surface area contributed by atoms with Gasteiger partial charge in [0.25, 0.3) is 0 Å². The minimum absolute atomic E-state index is 0.00133. The Morgan fingerprint density at radius 1 is 1.35 bits per heavy atom. The predicted molar refractivity (Wildman–Crippen MR) is 65.2 cm³/mol. The van der Waals surface area contributed by atoms with E-state index in [4.69, 9.17) is 28.3 Å². The monoisotopic (exact) mass is 271 g/mol. The quantitative estimate of drug-likeness (QED) is 0.631. The van der Waals surface area contributed by atoms with Gasteiger partial charge in [0, 0.05) is 11.6 Å². The van der Waals surface area contributed by atoms with Gasteiger partial charge in [-0.1, -0.05) is 23.2 Å². The lowest BCUT2D eigenvalue weighted by Crippen LogP contribution is -2.04. The van der Waals surface area contributed by atoms with Gasteiger partial charge in [0.1, 0.15) is 5.52 Å². The average Bonchev–Trinajstić information content (AvgIpc) is 2.24. The van der Waals surface area contributed by atoms with Gasteiger partial charge in [-0.25, -0.2) is 4.79 Å². The number of nitrogens with zero attached hydrogens (tertiary/aromatic N) is 1. The van der Waals surface area contributed by atoms with Gasteiger partial charge in [-0.3, -0.25) is 4.98 Å². The smallest absolute Gasteiger partial charge is 0.449 e. The van der Waals surface area contributed by atoms with Gasteiger partial charge in [-0.2, -0.15) is 0 Å². The van der Waals surface area contributed by atoms with Gasteiger partial charge in [-0.15, -0.1) is 0 Å². The van der Waals surface area contributed by atoms with E-state index >= 15 is 0 Å². The molecule has 88 valence electrons. The normalized spacial score (nSPS) is 10.5. The number of ether oxygens (including phenoxy) is 1. The summed E-state index contributed by atoms with van der Waals surface area (Å²) in [6, 6.07) is 3.22. The number of benzene rings is 1. The number of carboxylic acid groups (broad SMARTS) is 1. The van der Waals surface area contributed by atoms with Crippen molar-refractivity contribution in [3.8, 4) is 5.75 Å². The molecule has 6 heteroatoms. The molecule has 2 aromatic rings. The highest BCUT2D eigenvalue weighted by atomic mass is 35.5. The highest BCUT2D eigenvalue weighted by Gasteiger charge is 2.15. The fourth-order valence-corrected chi connectivity index (χ4v) is 2.03. The highest BCUT2D eigenvalue weighted by Crippen LogP contribution is 2.37.